The van der Waals surface area contributed by atoms with Gasteiger partial charge in [-0.15, -0.1) is 0 Å². The molecular weight excluding hydrogens is 234 g/mol. The van der Waals surface area contributed by atoms with Gasteiger partial charge in [0.1, 0.15) is 0 Å². The van der Waals surface area contributed by atoms with E-state index in [-0.39, 0.29) is 16.5 Å². The molecule has 1 aliphatic heterocycles. The molecule has 0 saturated carbocycles. The van der Waals surface area contributed by atoms with E-state index >= 15 is 0 Å². The number of rotatable bonds is 1. The summed E-state index contributed by atoms with van der Waals surface area (Å²) in [5.41, 5.74) is 1.84. The Morgan fingerprint density at radius 3 is 1.58 bits per heavy atom. The van der Waals surface area contributed by atoms with Gasteiger partial charge in [-0.3, -0.25) is 0 Å². The van der Waals surface area contributed by atoms with Gasteiger partial charge < -0.3 is 5.21 Å². The van der Waals surface area contributed by atoms with Crippen molar-refractivity contribution >= 4 is 0 Å². The molecule has 0 saturated heterocycles. The fourth-order valence-electron chi connectivity index (χ4n) is 3.14. The van der Waals surface area contributed by atoms with Crippen LogP contribution in [0.4, 0.5) is 0 Å². The Morgan fingerprint density at radius 1 is 0.895 bits per heavy atom. The second kappa shape index (κ2) is 4.07. The second-order valence-corrected chi connectivity index (χ2v) is 7.44. The maximum Gasteiger partial charge on any atom is 0.0665 e. The molecule has 2 heteroatoms. The Labute approximate surface area is 117 Å². The molecule has 2 aliphatic rings. The zero-order valence-electron chi connectivity index (χ0n) is 13.3. The molecule has 0 fully saturated rings. The van der Waals surface area contributed by atoms with Gasteiger partial charge in [-0.25, -0.2) is 0 Å². The van der Waals surface area contributed by atoms with Crippen LogP contribution in [-0.2, 0) is 0 Å². The van der Waals surface area contributed by atoms with Crippen molar-refractivity contribution in [2.24, 2.45) is 11.3 Å². The van der Waals surface area contributed by atoms with Crippen LogP contribution in [-0.4, -0.2) is 21.3 Å². The number of hydroxylamine groups is 2. The van der Waals surface area contributed by atoms with Gasteiger partial charge in [0.05, 0.1) is 11.1 Å². The van der Waals surface area contributed by atoms with Crippen molar-refractivity contribution < 1.29 is 5.21 Å². The van der Waals surface area contributed by atoms with Gasteiger partial charge in [-0.2, -0.15) is 5.06 Å². The molecule has 0 radical (unpaired) electrons. The third kappa shape index (κ3) is 1.93. The van der Waals surface area contributed by atoms with Crippen LogP contribution in [0.25, 0.3) is 0 Å². The Kier molecular flexibility index (Phi) is 3.11. The Morgan fingerprint density at radius 2 is 1.26 bits per heavy atom. The summed E-state index contributed by atoms with van der Waals surface area (Å²) in [6.45, 7) is 15.1. The van der Waals surface area contributed by atoms with Crippen LogP contribution in [0.15, 0.2) is 35.5 Å². The minimum absolute atomic E-state index is 0.0801. The summed E-state index contributed by atoms with van der Waals surface area (Å²) >= 11 is 0. The maximum atomic E-state index is 10.5. The first kappa shape index (κ1) is 14.5. The first-order chi connectivity index (χ1) is 8.53. The molecule has 19 heavy (non-hydrogen) atoms. The summed E-state index contributed by atoms with van der Waals surface area (Å²) in [7, 11) is 0. The molecule has 0 aromatic carbocycles. The normalized spacial score (nSPS) is 27.8. The maximum absolute atomic E-state index is 10.5. The highest BCUT2D eigenvalue weighted by atomic mass is 16.5. The summed E-state index contributed by atoms with van der Waals surface area (Å²) in [5.74, 6) is 0.552. The van der Waals surface area contributed by atoms with E-state index in [1.807, 2.05) is 0 Å². The quantitative estimate of drug-likeness (QED) is 0.759. The molecule has 106 valence electrons. The Hall–Kier alpha value is -0.860. The van der Waals surface area contributed by atoms with Gasteiger partial charge in [0.15, 0.2) is 0 Å². The monoisotopic (exact) mass is 261 g/mol. The van der Waals surface area contributed by atoms with E-state index in [0.717, 1.165) is 0 Å². The van der Waals surface area contributed by atoms with Gasteiger partial charge in [0.2, 0.25) is 0 Å². The Balaban J connectivity index is 2.56. The van der Waals surface area contributed by atoms with Crippen molar-refractivity contribution in [2.45, 2.75) is 59.5 Å². The lowest BCUT2D eigenvalue weighted by atomic mass is 9.78. The first-order valence-electron chi connectivity index (χ1n) is 7.16. The van der Waals surface area contributed by atoms with Crippen LogP contribution in [0, 0.1) is 11.3 Å². The average Bonchev–Trinajstić information content (AvgIpc) is 2.47. The predicted molar refractivity (Wildman–Crippen MR) is 80.0 cm³/mol. The zero-order valence-corrected chi connectivity index (χ0v) is 13.3. The third-order valence-corrected chi connectivity index (χ3v) is 5.13. The van der Waals surface area contributed by atoms with Gasteiger partial charge in [-0.05, 0) is 44.8 Å². The van der Waals surface area contributed by atoms with Crippen LogP contribution in [0.1, 0.15) is 48.5 Å². The van der Waals surface area contributed by atoms with E-state index in [0.29, 0.717) is 5.92 Å². The lowest BCUT2D eigenvalue weighted by molar-refractivity contribution is -0.186. The largest absolute Gasteiger partial charge is 0.312 e. The topological polar surface area (TPSA) is 23.5 Å². The van der Waals surface area contributed by atoms with Gasteiger partial charge >= 0.3 is 0 Å². The molecule has 0 bridgehead atoms. The summed E-state index contributed by atoms with van der Waals surface area (Å²) < 4.78 is 0. The van der Waals surface area contributed by atoms with E-state index in [9.17, 15) is 5.21 Å². The fourth-order valence-corrected chi connectivity index (χ4v) is 3.14. The lowest BCUT2D eigenvalue weighted by Gasteiger charge is -2.37. The van der Waals surface area contributed by atoms with Crippen LogP contribution in [0.2, 0.25) is 0 Å². The number of hydrogen-bond acceptors (Lipinski definition) is 2. The first-order valence-corrected chi connectivity index (χ1v) is 7.16. The van der Waals surface area contributed by atoms with Crippen molar-refractivity contribution in [3.63, 3.8) is 0 Å². The average molecular weight is 261 g/mol. The number of hydrogen-bond donors (Lipinski definition) is 1. The SMILES string of the molecule is CC(C)C1(C)C=CC2=C(C=C1)C(C)(C)N(O)C2(C)C. The highest BCUT2D eigenvalue weighted by Gasteiger charge is 2.49. The molecule has 2 nitrogen and oxygen atoms in total. The molecule has 0 amide bonds. The van der Waals surface area contributed by atoms with Gasteiger partial charge in [-0.1, -0.05) is 45.1 Å². The number of nitrogens with zero attached hydrogens (tertiary/aromatic N) is 1. The molecular formula is C17H27NO. The highest BCUT2D eigenvalue weighted by Crippen LogP contribution is 2.47. The summed E-state index contributed by atoms with van der Waals surface area (Å²) in [6, 6.07) is 0. The standard InChI is InChI=1S/C17H27NO/c1-12(2)17(7)10-8-13-14(9-11-17)16(5,6)18(19)15(13,3)4/h8-12,19H,1-7H3. The molecule has 0 spiro atoms. The highest BCUT2D eigenvalue weighted by molar-refractivity contribution is 5.52. The minimum Gasteiger partial charge on any atom is -0.312 e. The van der Waals surface area contributed by atoms with Crippen molar-refractivity contribution in [3.05, 3.63) is 35.5 Å². The molecule has 0 aromatic heterocycles. The van der Waals surface area contributed by atoms with Crippen LogP contribution >= 0.6 is 0 Å². The van der Waals surface area contributed by atoms with Gasteiger partial charge in [0, 0.05) is 5.41 Å². The van der Waals surface area contributed by atoms with E-state index in [4.69, 9.17) is 0 Å². The second-order valence-electron chi connectivity index (χ2n) is 7.44. The number of allylic oxidation sites excluding steroid dienone is 2. The molecule has 0 atom stereocenters. The summed E-state index contributed by atoms with van der Waals surface area (Å²) in [5, 5.41) is 12.0. The lowest BCUT2D eigenvalue weighted by Crippen LogP contribution is -2.48. The fraction of sp³-hybridized carbons (Fsp3) is 0.647. The van der Waals surface area contributed by atoms with Crippen molar-refractivity contribution in [3.8, 4) is 0 Å². The van der Waals surface area contributed by atoms with Crippen LogP contribution < -0.4 is 0 Å². The van der Waals surface area contributed by atoms with E-state index in [1.165, 1.54) is 16.2 Å². The molecule has 2 rings (SSSR count). The van der Waals surface area contributed by atoms with Crippen molar-refractivity contribution in [1.82, 2.24) is 5.06 Å². The molecule has 0 aromatic rings. The third-order valence-electron chi connectivity index (χ3n) is 5.13. The van der Waals surface area contributed by atoms with E-state index < -0.39 is 0 Å². The minimum atomic E-state index is -0.345. The van der Waals surface area contributed by atoms with Crippen LogP contribution in [0.5, 0.6) is 0 Å². The smallest absolute Gasteiger partial charge is 0.0665 e. The molecule has 1 heterocycles. The van der Waals surface area contributed by atoms with Crippen LogP contribution in [0.3, 0.4) is 0 Å². The predicted octanol–water partition coefficient (Wildman–Crippen LogP) is 4.33. The van der Waals surface area contributed by atoms with E-state index in [2.05, 4.69) is 72.8 Å². The van der Waals surface area contributed by atoms with Gasteiger partial charge in [0.25, 0.3) is 0 Å². The Bertz CT molecular complexity index is 441. The van der Waals surface area contributed by atoms with E-state index in [1.54, 1.807) is 0 Å². The van der Waals surface area contributed by atoms with Crippen molar-refractivity contribution in [2.75, 3.05) is 0 Å². The zero-order chi connectivity index (χ0) is 14.6. The summed E-state index contributed by atoms with van der Waals surface area (Å²) in [4.78, 5) is 0. The van der Waals surface area contributed by atoms with Crippen molar-refractivity contribution in [1.29, 1.82) is 0 Å². The summed E-state index contributed by atoms with van der Waals surface area (Å²) in [6.07, 6.45) is 9.00. The molecule has 0 unspecified atom stereocenters. The molecule has 1 N–H and O–H groups in total. The molecule has 1 aliphatic carbocycles.